The summed E-state index contributed by atoms with van der Waals surface area (Å²) in [7, 11) is 0. The van der Waals surface area contributed by atoms with Crippen LogP contribution < -0.4 is 5.73 Å². The van der Waals surface area contributed by atoms with Crippen LogP contribution in [0.1, 0.15) is 44.7 Å². The zero-order valence-electron chi connectivity index (χ0n) is 10.5. The van der Waals surface area contributed by atoms with Crippen molar-refractivity contribution in [3.8, 4) is 0 Å². The summed E-state index contributed by atoms with van der Waals surface area (Å²) in [6.45, 7) is 2.34. The highest BCUT2D eigenvalue weighted by molar-refractivity contribution is 9.10. The van der Waals surface area contributed by atoms with E-state index in [0.29, 0.717) is 5.41 Å². The molecule has 2 rings (SSSR count). The Labute approximate surface area is 112 Å². The van der Waals surface area contributed by atoms with E-state index in [1.54, 1.807) is 0 Å². The minimum atomic E-state index is 0.233. The van der Waals surface area contributed by atoms with Gasteiger partial charge in [-0.3, -0.25) is 4.98 Å². The number of pyridine rings is 1. The second-order valence-corrected chi connectivity index (χ2v) is 6.41. The number of halogens is 1. The third kappa shape index (κ3) is 3.29. The highest BCUT2D eigenvalue weighted by atomic mass is 79.9. The summed E-state index contributed by atoms with van der Waals surface area (Å²) in [5, 5.41) is 0. The van der Waals surface area contributed by atoms with Gasteiger partial charge in [0.2, 0.25) is 0 Å². The first-order valence-corrected chi connectivity index (χ1v) is 7.25. The number of nitrogens with two attached hydrogens (primary N) is 1. The van der Waals surface area contributed by atoms with Crippen LogP contribution in [0.25, 0.3) is 0 Å². The highest BCUT2D eigenvalue weighted by Crippen LogP contribution is 2.38. The van der Waals surface area contributed by atoms with Gasteiger partial charge in [0.1, 0.15) is 0 Å². The SMILES string of the molecule is CC1(C(N)Cc2ccc(Br)cn2)CCCCC1. The predicted molar refractivity (Wildman–Crippen MR) is 74.8 cm³/mol. The van der Waals surface area contributed by atoms with Crippen molar-refractivity contribution in [2.24, 2.45) is 11.1 Å². The molecule has 2 N–H and O–H groups in total. The molecule has 0 saturated heterocycles. The van der Waals surface area contributed by atoms with Crippen LogP contribution >= 0.6 is 15.9 Å². The molecule has 0 aromatic carbocycles. The molecule has 17 heavy (non-hydrogen) atoms. The van der Waals surface area contributed by atoms with Gasteiger partial charge in [0.05, 0.1) is 0 Å². The number of nitrogens with zero attached hydrogens (tertiary/aromatic N) is 1. The van der Waals surface area contributed by atoms with Crippen molar-refractivity contribution in [2.75, 3.05) is 0 Å². The van der Waals surface area contributed by atoms with Gasteiger partial charge in [-0.2, -0.15) is 0 Å². The molecule has 1 aromatic heterocycles. The van der Waals surface area contributed by atoms with E-state index in [-0.39, 0.29) is 6.04 Å². The fourth-order valence-electron chi connectivity index (χ4n) is 2.73. The molecule has 1 fully saturated rings. The molecule has 0 aliphatic heterocycles. The monoisotopic (exact) mass is 296 g/mol. The van der Waals surface area contributed by atoms with Crippen LogP contribution in [0.5, 0.6) is 0 Å². The summed E-state index contributed by atoms with van der Waals surface area (Å²) < 4.78 is 1.03. The number of hydrogen-bond acceptors (Lipinski definition) is 2. The lowest BCUT2D eigenvalue weighted by atomic mass is 9.70. The Bertz CT molecular complexity index is 355. The molecule has 1 aromatic rings. The van der Waals surface area contributed by atoms with Gasteiger partial charge in [0.25, 0.3) is 0 Å². The lowest BCUT2D eigenvalue weighted by molar-refractivity contribution is 0.168. The van der Waals surface area contributed by atoms with Gasteiger partial charge in [-0.25, -0.2) is 0 Å². The van der Waals surface area contributed by atoms with Gasteiger partial charge < -0.3 is 5.73 Å². The average Bonchev–Trinajstić information content (AvgIpc) is 2.33. The summed E-state index contributed by atoms with van der Waals surface area (Å²) in [5.41, 5.74) is 7.82. The first-order valence-electron chi connectivity index (χ1n) is 6.46. The van der Waals surface area contributed by atoms with Crippen LogP contribution in [0.4, 0.5) is 0 Å². The van der Waals surface area contributed by atoms with E-state index in [2.05, 4.69) is 33.9 Å². The van der Waals surface area contributed by atoms with E-state index in [0.717, 1.165) is 16.6 Å². The maximum Gasteiger partial charge on any atom is 0.0420 e. The van der Waals surface area contributed by atoms with Crippen molar-refractivity contribution in [2.45, 2.75) is 51.5 Å². The number of rotatable bonds is 3. The van der Waals surface area contributed by atoms with Crippen molar-refractivity contribution < 1.29 is 0 Å². The van der Waals surface area contributed by atoms with Crippen LogP contribution in [0.3, 0.4) is 0 Å². The van der Waals surface area contributed by atoms with E-state index >= 15 is 0 Å². The minimum Gasteiger partial charge on any atom is -0.327 e. The van der Waals surface area contributed by atoms with Gasteiger partial charge in [-0.1, -0.05) is 26.2 Å². The van der Waals surface area contributed by atoms with Gasteiger partial charge in [0, 0.05) is 28.8 Å². The standard InChI is InChI=1S/C14H21BrN2/c1-14(7-3-2-4-8-14)13(16)9-12-6-5-11(15)10-17-12/h5-6,10,13H,2-4,7-9,16H2,1H3. The lowest BCUT2D eigenvalue weighted by Crippen LogP contribution is -2.42. The van der Waals surface area contributed by atoms with E-state index in [1.807, 2.05) is 12.3 Å². The van der Waals surface area contributed by atoms with E-state index in [4.69, 9.17) is 5.73 Å². The molecule has 1 aliphatic carbocycles. The van der Waals surface area contributed by atoms with Crippen molar-refractivity contribution in [3.05, 3.63) is 28.5 Å². The summed E-state index contributed by atoms with van der Waals surface area (Å²) in [6, 6.07) is 4.34. The molecule has 2 nitrogen and oxygen atoms in total. The molecule has 1 atom stereocenters. The lowest BCUT2D eigenvalue weighted by Gasteiger charge is -2.38. The molecular formula is C14H21BrN2. The predicted octanol–water partition coefficient (Wildman–Crippen LogP) is 3.68. The van der Waals surface area contributed by atoms with Gasteiger partial charge in [0.15, 0.2) is 0 Å². The van der Waals surface area contributed by atoms with E-state index < -0.39 is 0 Å². The molecule has 0 bridgehead atoms. The van der Waals surface area contributed by atoms with Crippen molar-refractivity contribution in [1.82, 2.24) is 4.98 Å². The summed E-state index contributed by atoms with van der Waals surface area (Å²) in [4.78, 5) is 4.42. The minimum absolute atomic E-state index is 0.233. The van der Waals surface area contributed by atoms with Gasteiger partial charge >= 0.3 is 0 Å². The fourth-order valence-corrected chi connectivity index (χ4v) is 2.96. The first-order chi connectivity index (χ1) is 8.10. The summed E-state index contributed by atoms with van der Waals surface area (Å²) in [5.74, 6) is 0. The topological polar surface area (TPSA) is 38.9 Å². The molecule has 1 saturated carbocycles. The second-order valence-electron chi connectivity index (χ2n) is 5.49. The molecule has 0 spiro atoms. The van der Waals surface area contributed by atoms with Crippen LogP contribution in [0.2, 0.25) is 0 Å². The third-order valence-electron chi connectivity index (χ3n) is 4.11. The Hall–Kier alpha value is -0.410. The largest absolute Gasteiger partial charge is 0.327 e. The summed E-state index contributed by atoms with van der Waals surface area (Å²) >= 11 is 3.41. The molecule has 0 amide bonds. The zero-order chi connectivity index (χ0) is 12.3. The average molecular weight is 297 g/mol. The van der Waals surface area contributed by atoms with E-state index in [9.17, 15) is 0 Å². The first kappa shape index (κ1) is 13.0. The zero-order valence-corrected chi connectivity index (χ0v) is 12.0. The van der Waals surface area contributed by atoms with Crippen molar-refractivity contribution in [1.29, 1.82) is 0 Å². The molecule has 94 valence electrons. The molecule has 3 heteroatoms. The third-order valence-corrected chi connectivity index (χ3v) is 4.58. The molecule has 1 heterocycles. The summed E-state index contributed by atoms with van der Waals surface area (Å²) in [6.07, 6.45) is 9.32. The van der Waals surface area contributed by atoms with Crippen LogP contribution in [-0.4, -0.2) is 11.0 Å². The Balaban J connectivity index is 2.00. The van der Waals surface area contributed by atoms with Crippen molar-refractivity contribution >= 4 is 15.9 Å². The van der Waals surface area contributed by atoms with Gasteiger partial charge in [-0.15, -0.1) is 0 Å². The number of hydrogen-bond donors (Lipinski definition) is 1. The van der Waals surface area contributed by atoms with Crippen LogP contribution in [0.15, 0.2) is 22.8 Å². The maximum absolute atomic E-state index is 6.40. The second kappa shape index (κ2) is 5.49. The molecule has 1 unspecified atom stereocenters. The highest BCUT2D eigenvalue weighted by Gasteiger charge is 2.33. The Kier molecular flexibility index (Phi) is 4.21. The van der Waals surface area contributed by atoms with Crippen LogP contribution in [0, 0.1) is 5.41 Å². The van der Waals surface area contributed by atoms with E-state index in [1.165, 1.54) is 32.1 Å². The smallest absolute Gasteiger partial charge is 0.0420 e. The molecule has 0 radical (unpaired) electrons. The normalized spacial score (nSPS) is 21.1. The van der Waals surface area contributed by atoms with Gasteiger partial charge in [-0.05, 0) is 46.3 Å². The Morgan fingerprint density at radius 2 is 2.06 bits per heavy atom. The Morgan fingerprint density at radius 1 is 1.35 bits per heavy atom. The number of aromatic nitrogens is 1. The Morgan fingerprint density at radius 3 is 2.65 bits per heavy atom. The fraction of sp³-hybridized carbons (Fsp3) is 0.643. The molecular weight excluding hydrogens is 276 g/mol. The van der Waals surface area contributed by atoms with Crippen molar-refractivity contribution in [3.63, 3.8) is 0 Å². The van der Waals surface area contributed by atoms with Crippen LogP contribution in [-0.2, 0) is 6.42 Å². The maximum atomic E-state index is 6.40. The molecule has 1 aliphatic rings. The quantitative estimate of drug-likeness (QED) is 0.924.